The molecular formula is C27H51NO8. The molecule has 6 atom stereocenters. The van der Waals surface area contributed by atoms with Gasteiger partial charge in [-0.15, -0.1) is 0 Å². The van der Waals surface area contributed by atoms with Crippen molar-refractivity contribution in [1.29, 1.82) is 0 Å². The van der Waals surface area contributed by atoms with Crippen molar-refractivity contribution in [3.8, 4) is 0 Å². The average molecular weight is 518 g/mol. The van der Waals surface area contributed by atoms with Gasteiger partial charge in [-0.05, 0) is 12.3 Å². The molecule has 5 N–H and O–H groups in total. The van der Waals surface area contributed by atoms with E-state index in [0.717, 1.165) is 19.3 Å². The van der Waals surface area contributed by atoms with E-state index in [1.165, 1.54) is 64.2 Å². The van der Waals surface area contributed by atoms with Crippen molar-refractivity contribution < 1.29 is 39.5 Å². The van der Waals surface area contributed by atoms with E-state index in [4.69, 9.17) is 9.47 Å². The molecule has 36 heavy (non-hydrogen) atoms. The fraction of sp³-hybridized carbons (Fsp3) is 0.926. The first kappa shape index (κ1) is 32.8. The number of unbranched alkanes of at least 4 members (excludes halogenated alkanes) is 12. The lowest BCUT2D eigenvalue weighted by molar-refractivity contribution is -0.293. The van der Waals surface area contributed by atoms with Crippen molar-refractivity contribution in [3.63, 3.8) is 0 Å². The first-order valence-electron chi connectivity index (χ1n) is 14.0. The zero-order valence-corrected chi connectivity index (χ0v) is 22.6. The van der Waals surface area contributed by atoms with Gasteiger partial charge in [0.1, 0.15) is 30.5 Å². The van der Waals surface area contributed by atoms with Gasteiger partial charge in [-0.25, -0.2) is 4.79 Å². The molecule has 9 heteroatoms. The number of esters is 1. The number of nitrogens with one attached hydrogen (secondary N) is 1. The summed E-state index contributed by atoms with van der Waals surface area (Å²) in [5, 5.41) is 41.8. The van der Waals surface area contributed by atoms with E-state index in [2.05, 4.69) is 12.2 Å². The van der Waals surface area contributed by atoms with Crippen molar-refractivity contribution in [2.75, 3.05) is 6.61 Å². The highest BCUT2D eigenvalue weighted by Gasteiger charge is 2.46. The molecule has 0 spiro atoms. The van der Waals surface area contributed by atoms with Gasteiger partial charge in [0.2, 0.25) is 12.2 Å². The van der Waals surface area contributed by atoms with E-state index in [1.807, 2.05) is 0 Å². The van der Waals surface area contributed by atoms with Gasteiger partial charge in [-0.3, -0.25) is 4.79 Å². The summed E-state index contributed by atoms with van der Waals surface area (Å²) in [4.78, 5) is 25.1. The summed E-state index contributed by atoms with van der Waals surface area (Å²) in [6.07, 6.45) is 8.56. The Morgan fingerprint density at radius 1 is 0.806 bits per heavy atom. The molecule has 0 aromatic heterocycles. The number of carbonyl (C=O) groups is 2. The second kappa shape index (κ2) is 18.9. The molecule has 1 amide bonds. The number of aliphatic hydroxyl groups is 4. The van der Waals surface area contributed by atoms with Crippen LogP contribution in [0.15, 0.2) is 0 Å². The van der Waals surface area contributed by atoms with Crippen molar-refractivity contribution in [3.05, 3.63) is 0 Å². The molecule has 1 fully saturated rings. The average Bonchev–Trinajstić information content (AvgIpc) is 2.85. The first-order valence-corrected chi connectivity index (χ1v) is 14.0. The third kappa shape index (κ3) is 12.3. The topological polar surface area (TPSA) is 146 Å². The van der Waals surface area contributed by atoms with Gasteiger partial charge < -0.3 is 35.2 Å². The number of aliphatic hydroxyl groups excluding tert-OH is 4. The highest BCUT2D eigenvalue weighted by Crippen LogP contribution is 2.23. The molecule has 0 unspecified atom stereocenters. The Morgan fingerprint density at radius 3 is 1.78 bits per heavy atom. The van der Waals surface area contributed by atoms with Crippen molar-refractivity contribution in [2.45, 2.75) is 147 Å². The number of rotatable bonds is 19. The third-order valence-corrected chi connectivity index (χ3v) is 6.83. The lowest BCUT2D eigenvalue weighted by Gasteiger charge is -2.39. The normalized spacial score (nSPS) is 25.1. The van der Waals surface area contributed by atoms with Crippen LogP contribution in [0, 0.1) is 5.92 Å². The van der Waals surface area contributed by atoms with Gasteiger partial charge in [0.15, 0.2) is 0 Å². The standard InChI is InChI=1S/C27H51NO8/c1-4-5-6-7-8-9-10-11-12-13-14-15-16-17-21(30)28-22(19(2)3)26(34)36-27-25(33)24(32)23(31)20(18-29)35-27/h19-20,22-25,27,29,31-33H,4-18H2,1-3H3,(H,28,30)/t20-,22+,23+,24+,25-,27-/m1/s1. The van der Waals surface area contributed by atoms with Crippen LogP contribution >= 0.6 is 0 Å². The number of carbonyl (C=O) groups excluding carboxylic acids is 2. The summed E-state index contributed by atoms with van der Waals surface area (Å²) in [6, 6.07) is -0.952. The fourth-order valence-corrected chi connectivity index (χ4v) is 4.40. The first-order chi connectivity index (χ1) is 17.2. The van der Waals surface area contributed by atoms with Crippen LogP contribution in [0.1, 0.15) is 111 Å². The summed E-state index contributed by atoms with van der Waals surface area (Å²) < 4.78 is 10.4. The fourth-order valence-electron chi connectivity index (χ4n) is 4.40. The molecule has 1 aliphatic heterocycles. The molecule has 1 rings (SSSR count). The Morgan fingerprint density at radius 2 is 1.31 bits per heavy atom. The third-order valence-electron chi connectivity index (χ3n) is 6.83. The Bertz CT molecular complexity index is 600. The molecule has 9 nitrogen and oxygen atoms in total. The molecular weight excluding hydrogens is 466 g/mol. The number of hydrogen-bond donors (Lipinski definition) is 5. The van der Waals surface area contributed by atoms with E-state index in [9.17, 15) is 30.0 Å². The van der Waals surface area contributed by atoms with E-state index >= 15 is 0 Å². The SMILES string of the molecule is CCCCCCCCCCCCCCCC(=O)N[C@H](C(=O)O[C@H]1O[C@H](CO)[C@H](O)[C@H](O)[C@H]1O)C(C)C. The van der Waals surface area contributed by atoms with Gasteiger partial charge in [0.05, 0.1) is 6.61 Å². The second-order valence-corrected chi connectivity index (χ2v) is 10.4. The smallest absolute Gasteiger partial charge is 0.331 e. The molecule has 0 saturated carbocycles. The lowest BCUT2D eigenvalue weighted by atomic mass is 9.99. The molecule has 0 radical (unpaired) electrons. The maximum atomic E-state index is 12.7. The van der Waals surface area contributed by atoms with E-state index in [1.54, 1.807) is 13.8 Å². The molecule has 0 aromatic rings. The maximum Gasteiger partial charge on any atom is 0.331 e. The minimum Gasteiger partial charge on any atom is -0.431 e. The molecule has 0 bridgehead atoms. The van der Waals surface area contributed by atoms with Crippen LogP contribution in [0.3, 0.4) is 0 Å². The van der Waals surface area contributed by atoms with Crippen LogP contribution in [-0.2, 0) is 19.1 Å². The van der Waals surface area contributed by atoms with Crippen molar-refractivity contribution >= 4 is 11.9 Å². The lowest BCUT2D eigenvalue weighted by Crippen LogP contribution is -2.60. The van der Waals surface area contributed by atoms with Gasteiger partial charge in [0, 0.05) is 6.42 Å². The zero-order valence-electron chi connectivity index (χ0n) is 22.6. The van der Waals surface area contributed by atoms with Gasteiger partial charge in [0.25, 0.3) is 0 Å². The summed E-state index contributed by atoms with van der Waals surface area (Å²) in [7, 11) is 0. The van der Waals surface area contributed by atoms with Crippen LogP contribution in [0.2, 0.25) is 0 Å². The predicted octanol–water partition coefficient (Wildman–Crippen LogP) is 2.95. The predicted molar refractivity (Wildman–Crippen MR) is 137 cm³/mol. The zero-order chi connectivity index (χ0) is 26.9. The highest BCUT2D eigenvalue weighted by molar-refractivity contribution is 5.84. The minimum atomic E-state index is -1.68. The van der Waals surface area contributed by atoms with Crippen molar-refractivity contribution in [1.82, 2.24) is 5.32 Å². The summed E-state index contributed by atoms with van der Waals surface area (Å²) >= 11 is 0. The molecule has 0 aliphatic carbocycles. The summed E-state index contributed by atoms with van der Waals surface area (Å²) in [5.74, 6) is -1.34. The van der Waals surface area contributed by atoms with Gasteiger partial charge >= 0.3 is 5.97 Å². The second-order valence-electron chi connectivity index (χ2n) is 10.4. The maximum absolute atomic E-state index is 12.7. The Labute approximate surface area is 216 Å². The van der Waals surface area contributed by atoms with E-state index < -0.39 is 49.3 Å². The highest BCUT2D eigenvalue weighted by atomic mass is 16.7. The number of hydrogen-bond acceptors (Lipinski definition) is 8. The molecule has 1 aliphatic rings. The van der Waals surface area contributed by atoms with Crippen LogP contribution in [0.5, 0.6) is 0 Å². The molecule has 212 valence electrons. The molecule has 1 heterocycles. The Kier molecular flexibility index (Phi) is 17.2. The van der Waals surface area contributed by atoms with Crippen molar-refractivity contribution in [2.24, 2.45) is 5.92 Å². The summed E-state index contributed by atoms with van der Waals surface area (Å²) in [6.45, 7) is 5.12. The largest absolute Gasteiger partial charge is 0.431 e. The van der Waals surface area contributed by atoms with Gasteiger partial charge in [-0.1, -0.05) is 97.8 Å². The number of amides is 1. The molecule has 1 saturated heterocycles. The Balaban J connectivity index is 2.25. The minimum absolute atomic E-state index is 0.248. The van der Waals surface area contributed by atoms with Crippen LogP contribution in [0.4, 0.5) is 0 Å². The molecule has 0 aromatic carbocycles. The van der Waals surface area contributed by atoms with E-state index in [0.29, 0.717) is 6.42 Å². The van der Waals surface area contributed by atoms with Crippen LogP contribution < -0.4 is 5.32 Å². The quantitative estimate of drug-likeness (QED) is 0.130. The monoisotopic (exact) mass is 517 g/mol. The van der Waals surface area contributed by atoms with Crippen LogP contribution in [-0.4, -0.2) is 75.7 Å². The Hall–Kier alpha value is -1.26. The van der Waals surface area contributed by atoms with E-state index in [-0.39, 0.29) is 11.8 Å². The van der Waals surface area contributed by atoms with Gasteiger partial charge in [-0.2, -0.15) is 0 Å². The number of ether oxygens (including phenoxy) is 2. The summed E-state index contributed by atoms with van der Waals surface area (Å²) in [5.41, 5.74) is 0. The van der Waals surface area contributed by atoms with Crippen LogP contribution in [0.25, 0.3) is 0 Å².